The molecule has 7 aromatic rings. The van der Waals surface area contributed by atoms with E-state index >= 15 is 0 Å². The van der Waals surface area contributed by atoms with E-state index in [0.29, 0.717) is 17.5 Å². The summed E-state index contributed by atoms with van der Waals surface area (Å²) in [4.78, 5) is 14.8. The van der Waals surface area contributed by atoms with Crippen molar-refractivity contribution in [1.82, 2.24) is 19.5 Å². The molecule has 4 nitrogen and oxygen atoms in total. The number of allylic oxidation sites excluding steroid dienone is 4. The van der Waals surface area contributed by atoms with Crippen molar-refractivity contribution in [3.05, 3.63) is 150 Å². The van der Waals surface area contributed by atoms with Crippen molar-refractivity contribution < 1.29 is 0 Å². The third-order valence-corrected chi connectivity index (χ3v) is 9.33. The minimum Gasteiger partial charge on any atom is -0.309 e. The Morgan fingerprint density at radius 1 is 0.681 bits per heavy atom. The largest absolute Gasteiger partial charge is 0.309 e. The molecular weight excluding hydrogens is 573 g/mol. The van der Waals surface area contributed by atoms with E-state index in [1.165, 1.54) is 38.5 Å². The summed E-state index contributed by atoms with van der Waals surface area (Å²) in [6.45, 7) is 6.62. The number of benzene rings is 5. The fourth-order valence-electron chi connectivity index (χ4n) is 7.01. The summed E-state index contributed by atoms with van der Waals surface area (Å²) >= 11 is 0. The van der Waals surface area contributed by atoms with Crippen molar-refractivity contribution in [1.29, 1.82) is 0 Å². The summed E-state index contributed by atoms with van der Waals surface area (Å²) < 4.78 is 2.38. The van der Waals surface area contributed by atoms with Crippen LogP contribution >= 0.6 is 0 Å². The molecule has 0 bridgehead atoms. The molecule has 0 saturated heterocycles. The van der Waals surface area contributed by atoms with Crippen LogP contribution in [0.4, 0.5) is 0 Å². The van der Waals surface area contributed by atoms with Gasteiger partial charge in [-0.3, -0.25) is 0 Å². The van der Waals surface area contributed by atoms with E-state index in [0.717, 1.165) is 27.9 Å². The highest BCUT2D eigenvalue weighted by Crippen LogP contribution is 2.51. The van der Waals surface area contributed by atoms with Crippen molar-refractivity contribution in [3.8, 4) is 51.9 Å². The molecule has 0 saturated carbocycles. The Hall–Kier alpha value is -6.05. The normalized spacial score (nSPS) is 13.6. The van der Waals surface area contributed by atoms with Gasteiger partial charge in [0.2, 0.25) is 0 Å². The molecule has 0 N–H and O–H groups in total. The maximum atomic E-state index is 5.54. The zero-order valence-electron chi connectivity index (χ0n) is 26.6. The Bertz CT molecular complexity index is 2450. The molecule has 224 valence electrons. The van der Waals surface area contributed by atoms with Gasteiger partial charge < -0.3 is 4.57 Å². The first-order valence-corrected chi connectivity index (χ1v) is 15.9. The molecule has 5 aromatic carbocycles. The lowest BCUT2D eigenvalue weighted by molar-refractivity contribution is 0.661. The second-order valence-electron chi connectivity index (χ2n) is 12.4. The first kappa shape index (κ1) is 28.4. The van der Waals surface area contributed by atoms with Gasteiger partial charge in [0.25, 0.3) is 0 Å². The minimum absolute atomic E-state index is 0.100. The summed E-state index contributed by atoms with van der Waals surface area (Å²) in [5.41, 5.74) is 11.3. The molecule has 0 atom stereocenters. The Balaban J connectivity index is 1.34. The summed E-state index contributed by atoms with van der Waals surface area (Å²) in [7, 11) is 0. The van der Waals surface area contributed by atoms with Gasteiger partial charge in [0, 0.05) is 38.6 Å². The first-order valence-electron chi connectivity index (χ1n) is 15.9. The third kappa shape index (κ3) is 4.59. The van der Waals surface area contributed by atoms with E-state index in [4.69, 9.17) is 21.4 Å². The van der Waals surface area contributed by atoms with E-state index < -0.39 is 0 Å². The molecule has 47 heavy (non-hydrogen) atoms. The lowest BCUT2D eigenvalue weighted by atomic mass is 9.82. The van der Waals surface area contributed by atoms with Gasteiger partial charge in [-0.05, 0) is 71.7 Å². The maximum absolute atomic E-state index is 5.54. The van der Waals surface area contributed by atoms with Gasteiger partial charge in [0.15, 0.2) is 17.5 Å². The predicted octanol–water partition coefficient (Wildman–Crippen LogP) is 10.2. The minimum atomic E-state index is -0.100. The lowest BCUT2D eigenvalue weighted by Gasteiger charge is -2.21. The van der Waals surface area contributed by atoms with Gasteiger partial charge in [-0.25, -0.2) is 15.0 Å². The fourth-order valence-corrected chi connectivity index (χ4v) is 7.01. The maximum Gasteiger partial charge on any atom is 0.164 e. The zero-order valence-corrected chi connectivity index (χ0v) is 26.6. The molecule has 0 fully saturated rings. The topological polar surface area (TPSA) is 43.6 Å². The van der Waals surface area contributed by atoms with Gasteiger partial charge >= 0.3 is 0 Å². The Morgan fingerprint density at radius 3 is 2.21 bits per heavy atom. The molecule has 0 spiro atoms. The van der Waals surface area contributed by atoms with Crippen LogP contribution in [0, 0.1) is 12.3 Å². The molecule has 0 aliphatic heterocycles. The van der Waals surface area contributed by atoms with E-state index in [1.807, 2.05) is 49.4 Å². The zero-order chi connectivity index (χ0) is 32.1. The molecule has 2 heterocycles. The van der Waals surface area contributed by atoms with Crippen molar-refractivity contribution in [2.75, 3.05) is 0 Å². The molecule has 1 aliphatic rings. The number of para-hydroxylation sites is 1. The van der Waals surface area contributed by atoms with Crippen LogP contribution in [0.5, 0.6) is 0 Å². The van der Waals surface area contributed by atoms with Crippen molar-refractivity contribution >= 4 is 27.4 Å². The number of fused-ring (bicyclic) bond motifs is 6. The fraction of sp³-hybridized carbons (Fsp3) is 0.0930. The van der Waals surface area contributed by atoms with E-state index in [2.05, 4.69) is 109 Å². The summed E-state index contributed by atoms with van der Waals surface area (Å²) in [6.07, 6.45) is 11.0. The molecule has 0 amide bonds. The molecule has 2 aromatic heterocycles. The lowest BCUT2D eigenvalue weighted by Crippen LogP contribution is -2.14. The standard InChI is InChI=1S/C43H32N4/c1-5-7-16-28(6-2)40-44-41(29-17-9-8-10-18-29)46-42(45-40)30-19-15-20-31(25-30)47-38-24-14-12-22-33(38)35-26-34-32-21-11-13-23-36(32)43(3,4)37(34)27-39(35)47/h1,6-27H,2-4H3. The van der Waals surface area contributed by atoms with Crippen LogP contribution in [0.15, 0.2) is 133 Å². The molecule has 8 rings (SSSR count). The van der Waals surface area contributed by atoms with Crippen LogP contribution in [-0.2, 0) is 5.41 Å². The monoisotopic (exact) mass is 604 g/mol. The summed E-state index contributed by atoms with van der Waals surface area (Å²) in [5, 5.41) is 2.47. The Labute approximate surface area is 274 Å². The summed E-state index contributed by atoms with van der Waals surface area (Å²) in [5.74, 6) is 4.36. The highest BCUT2D eigenvalue weighted by molar-refractivity contribution is 6.11. The van der Waals surface area contributed by atoms with Crippen LogP contribution in [0.25, 0.3) is 67.0 Å². The number of rotatable bonds is 5. The van der Waals surface area contributed by atoms with E-state index in [-0.39, 0.29) is 5.41 Å². The van der Waals surface area contributed by atoms with E-state index in [9.17, 15) is 0 Å². The van der Waals surface area contributed by atoms with Crippen LogP contribution in [-0.4, -0.2) is 19.5 Å². The third-order valence-electron chi connectivity index (χ3n) is 9.33. The smallest absolute Gasteiger partial charge is 0.164 e. The van der Waals surface area contributed by atoms with Gasteiger partial charge in [-0.2, -0.15) is 0 Å². The first-order chi connectivity index (χ1) is 23.0. The van der Waals surface area contributed by atoms with Crippen molar-refractivity contribution in [2.45, 2.75) is 26.2 Å². The highest BCUT2D eigenvalue weighted by atomic mass is 15.0. The summed E-state index contributed by atoms with van der Waals surface area (Å²) in [6, 6.07) is 40.8. The Kier molecular flexibility index (Phi) is 6.70. The molecule has 0 radical (unpaired) electrons. The molecule has 1 aliphatic carbocycles. The number of hydrogen-bond donors (Lipinski definition) is 0. The van der Waals surface area contributed by atoms with Crippen LogP contribution < -0.4 is 0 Å². The molecule has 4 heteroatoms. The second kappa shape index (κ2) is 11.1. The van der Waals surface area contributed by atoms with Gasteiger partial charge in [0.05, 0.1) is 11.0 Å². The second-order valence-corrected chi connectivity index (χ2v) is 12.4. The predicted molar refractivity (Wildman–Crippen MR) is 194 cm³/mol. The van der Waals surface area contributed by atoms with Gasteiger partial charge in [0.1, 0.15) is 0 Å². The van der Waals surface area contributed by atoms with Crippen molar-refractivity contribution in [3.63, 3.8) is 0 Å². The Morgan fingerprint density at radius 2 is 1.40 bits per heavy atom. The number of hydrogen-bond acceptors (Lipinski definition) is 3. The van der Waals surface area contributed by atoms with Crippen LogP contribution in [0.3, 0.4) is 0 Å². The van der Waals surface area contributed by atoms with E-state index in [1.54, 1.807) is 6.08 Å². The van der Waals surface area contributed by atoms with Crippen molar-refractivity contribution in [2.24, 2.45) is 0 Å². The average molecular weight is 605 g/mol. The quantitative estimate of drug-likeness (QED) is 0.145. The molecular formula is C43H32N4. The number of nitrogens with zero attached hydrogens (tertiary/aromatic N) is 4. The van der Waals surface area contributed by atoms with Crippen LogP contribution in [0.2, 0.25) is 0 Å². The number of terminal acetylenes is 1. The number of aromatic nitrogens is 4. The van der Waals surface area contributed by atoms with Gasteiger partial charge in [-0.1, -0.05) is 111 Å². The van der Waals surface area contributed by atoms with Gasteiger partial charge in [-0.15, -0.1) is 6.42 Å². The average Bonchev–Trinajstić information content (AvgIpc) is 3.56. The SMILES string of the molecule is C#CC=CC(=CC)c1nc(-c2ccccc2)nc(-c2cccc(-n3c4ccccc4c4cc5c(cc43)C(C)(C)c3ccccc3-5)c2)n1. The molecule has 0 unspecified atom stereocenters. The highest BCUT2D eigenvalue weighted by Gasteiger charge is 2.36. The van der Waals surface area contributed by atoms with Crippen LogP contribution in [0.1, 0.15) is 37.7 Å².